The number of halogens is 1. The lowest BCUT2D eigenvalue weighted by atomic mass is 9.99. The number of rotatable bonds is 2. The highest BCUT2D eigenvalue weighted by atomic mass is 19.1. The Balaban J connectivity index is 2.38. The lowest BCUT2D eigenvalue weighted by Gasteiger charge is -2.11. The molecule has 1 unspecified atom stereocenters. The molecule has 1 atom stereocenters. The zero-order valence-corrected chi connectivity index (χ0v) is 10.6. The van der Waals surface area contributed by atoms with E-state index in [-0.39, 0.29) is 5.82 Å². The highest BCUT2D eigenvalue weighted by Crippen LogP contribution is 2.38. The third-order valence-electron chi connectivity index (χ3n) is 3.92. The van der Waals surface area contributed by atoms with E-state index in [1.807, 2.05) is 0 Å². The molecule has 1 aliphatic rings. The Morgan fingerprint density at radius 3 is 3.00 bits per heavy atom. The summed E-state index contributed by atoms with van der Waals surface area (Å²) in [5, 5.41) is 9.99. The molecule has 3 rings (SSSR count). The van der Waals surface area contributed by atoms with Gasteiger partial charge in [0.2, 0.25) is 0 Å². The summed E-state index contributed by atoms with van der Waals surface area (Å²) in [7, 11) is 0. The van der Waals surface area contributed by atoms with Crippen LogP contribution in [-0.2, 0) is 6.42 Å². The molecule has 1 aliphatic carbocycles. The first kappa shape index (κ1) is 12.1. The van der Waals surface area contributed by atoms with Crippen molar-refractivity contribution in [1.82, 2.24) is 4.98 Å². The van der Waals surface area contributed by atoms with Crippen LogP contribution in [0.2, 0.25) is 0 Å². The van der Waals surface area contributed by atoms with Gasteiger partial charge in [-0.05, 0) is 37.0 Å². The summed E-state index contributed by atoms with van der Waals surface area (Å²) in [6.45, 7) is 2.07. The minimum absolute atomic E-state index is 0.292. The second-order valence-corrected chi connectivity index (χ2v) is 4.96. The molecule has 19 heavy (non-hydrogen) atoms. The molecule has 98 valence electrons. The number of nitrogens with zero attached hydrogens (tertiary/aromatic N) is 1. The Hall–Kier alpha value is -1.97. The standard InChI is InChI=1S/C15H14FNO2/c1-2-8-3-5-11-13(15(18)19)10-6-4-9(16)7-12(10)17-14(8)11/h4,6-8H,2-3,5H2,1H3,(H,18,19). The van der Waals surface area contributed by atoms with Crippen LogP contribution >= 0.6 is 0 Å². The molecule has 4 heteroatoms. The van der Waals surface area contributed by atoms with Gasteiger partial charge >= 0.3 is 5.97 Å². The Kier molecular flexibility index (Phi) is 2.73. The molecule has 1 aromatic carbocycles. The van der Waals surface area contributed by atoms with Crippen molar-refractivity contribution >= 4 is 16.9 Å². The van der Waals surface area contributed by atoms with Crippen LogP contribution in [0, 0.1) is 5.82 Å². The number of fused-ring (bicyclic) bond motifs is 2. The summed E-state index contributed by atoms with van der Waals surface area (Å²) >= 11 is 0. The number of aromatic carboxylic acids is 1. The summed E-state index contributed by atoms with van der Waals surface area (Å²) < 4.78 is 13.3. The van der Waals surface area contributed by atoms with Crippen molar-refractivity contribution in [3.8, 4) is 0 Å². The van der Waals surface area contributed by atoms with Crippen LogP contribution in [0.1, 0.15) is 47.3 Å². The molecule has 1 aromatic heterocycles. The first-order valence-corrected chi connectivity index (χ1v) is 6.47. The second kappa shape index (κ2) is 4.30. The first-order chi connectivity index (χ1) is 9.11. The lowest BCUT2D eigenvalue weighted by molar-refractivity contribution is 0.0698. The van der Waals surface area contributed by atoms with Gasteiger partial charge in [-0.1, -0.05) is 6.92 Å². The summed E-state index contributed by atoms with van der Waals surface area (Å²) in [5.41, 5.74) is 2.42. The molecule has 0 aliphatic heterocycles. The van der Waals surface area contributed by atoms with Crippen molar-refractivity contribution in [3.05, 3.63) is 40.8 Å². The largest absolute Gasteiger partial charge is 0.478 e. The van der Waals surface area contributed by atoms with Crippen LogP contribution < -0.4 is 0 Å². The van der Waals surface area contributed by atoms with Crippen LogP contribution in [0.4, 0.5) is 4.39 Å². The van der Waals surface area contributed by atoms with E-state index in [9.17, 15) is 14.3 Å². The van der Waals surface area contributed by atoms with Crippen LogP contribution in [0.5, 0.6) is 0 Å². The minimum Gasteiger partial charge on any atom is -0.478 e. The van der Waals surface area contributed by atoms with Gasteiger partial charge in [0, 0.05) is 23.1 Å². The first-order valence-electron chi connectivity index (χ1n) is 6.47. The van der Waals surface area contributed by atoms with E-state index >= 15 is 0 Å². The van der Waals surface area contributed by atoms with Crippen LogP contribution in [0.25, 0.3) is 10.9 Å². The topological polar surface area (TPSA) is 50.2 Å². The third-order valence-corrected chi connectivity index (χ3v) is 3.92. The molecule has 3 nitrogen and oxygen atoms in total. The molecule has 0 spiro atoms. The van der Waals surface area contributed by atoms with Gasteiger partial charge in [-0.2, -0.15) is 0 Å². The fourth-order valence-corrected chi connectivity index (χ4v) is 2.98. The maximum absolute atomic E-state index is 13.3. The summed E-state index contributed by atoms with van der Waals surface area (Å²) in [6.07, 6.45) is 2.60. The molecule has 0 saturated carbocycles. The molecule has 0 saturated heterocycles. The lowest BCUT2D eigenvalue weighted by Crippen LogP contribution is -2.06. The van der Waals surface area contributed by atoms with Gasteiger partial charge < -0.3 is 5.11 Å². The molecular weight excluding hydrogens is 245 g/mol. The third kappa shape index (κ3) is 1.79. The van der Waals surface area contributed by atoms with Crippen LogP contribution in [0.3, 0.4) is 0 Å². The number of benzene rings is 1. The van der Waals surface area contributed by atoms with Crippen LogP contribution in [0.15, 0.2) is 18.2 Å². The Morgan fingerprint density at radius 1 is 1.53 bits per heavy atom. The van der Waals surface area contributed by atoms with E-state index in [2.05, 4.69) is 11.9 Å². The van der Waals surface area contributed by atoms with Crippen molar-refractivity contribution in [1.29, 1.82) is 0 Å². The minimum atomic E-state index is -0.952. The van der Waals surface area contributed by atoms with E-state index in [1.165, 1.54) is 18.2 Å². The number of aromatic nitrogens is 1. The highest BCUT2D eigenvalue weighted by Gasteiger charge is 2.29. The molecule has 0 fully saturated rings. The van der Waals surface area contributed by atoms with E-state index in [1.54, 1.807) is 0 Å². The Labute approximate surface area is 110 Å². The summed E-state index contributed by atoms with van der Waals surface area (Å²) in [4.78, 5) is 16.0. The monoisotopic (exact) mass is 259 g/mol. The van der Waals surface area contributed by atoms with Crippen molar-refractivity contribution < 1.29 is 14.3 Å². The number of pyridine rings is 1. The zero-order chi connectivity index (χ0) is 13.6. The molecule has 1 N–H and O–H groups in total. The number of carboxylic acid groups (broad SMARTS) is 1. The molecule has 1 heterocycles. The normalized spacial score (nSPS) is 17.7. The van der Waals surface area contributed by atoms with Crippen LogP contribution in [-0.4, -0.2) is 16.1 Å². The Morgan fingerprint density at radius 2 is 2.32 bits per heavy atom. The Bertz CT molecular complexity index is 681. The van der Waals surface area contributed by atoms with Crippen molar-refractivity contribution in [3.63, 3.8) is 0 Å². The van der Waals surface area contributed by atoms with E-state index < -0.39 is 5.97 Å². The summed E-state index contributed by atoms with van der Waals surface area (Å²) in [5.74, 6) is -1.05. The quantitative estimate of drug-likeness (QED) is 0.897. The van der Waals surface area contributed by atoms with E-state index in [0.29, 0.717) is 22.4 Å². The summed E-state index contributed by atoms with van der Waals surface area (Å²) in [6, 6.07) is 4.11. The van der Waals surface area contributed by atoms with E-state index in [4.69, 9.17) is 0 Å². The van der Waals surface area contributed by atoms with Gasteiger partial charge in [0.05, 0.1) is 11.1 Å². The average Bonchev–Trinajstić information content (AvgIpc) is 2.77. The van der Waals surface area contributed by atoms with Crippen molar-refractivity contribution in [2.75, 3.05) is 0 Å². The van der Waals surface area contributed by atoms with Gasteiger partial charge in [-0.25, -0.2) is 9.18 Å². The second-order valence-electron chi connectivity index (χ2n) is 4.96. The van der Waals surface area contributed by atoms with E-state index in [0.717, 1.165) is 30.5 Å². The molecule has 0 radical (unpaired) electrons. The number of carboxylic acids is 1. The average molecular weight is 259 g/mol. The highest BCUT2D eigenvalue weighted by molar-refractivity contribution is 6.04. The fourth-order valence-electron chi connectivity index (χ4n) is 2.98. The predicted molar refractivity (Wildman–Crippen MR) is 70.0 cm³/mol. The van der Waals surface area contributed by atoms with Crippen molar-refractivity contribution in [2.24, 2.45) is 0 Å². The number of hydrogen-bond donors (Lipinski definition) is 1. The SMILES string of the molecule is CCC1CCc2c1nc1cc(F)ccc1c2C(=O)O. The number of carbonyl (C=O) groups is 1. The predicted octanol–water partition coefficient (Wildman–Crippen LogP) is 3.51. The fraction of sp³-hybridized carbons (Fsp3) is 0.333. The molecule has 0 bridgehead atoms. The molecular formula is C15H14FNO2. The number of hydrogen-bond acceptors (Lipinski definition) is 2. The zero-order valence-electron chi connectivity index (χ0n) is 10.6. The smallest absolute Gasteiger partial charge is 0.336 e. The van der Waals surface area contributed by atoms with Crippen molar-refractivity contribution in [2.45, 2.75) is 32.1 Å². The molecule has 2 aromatic rings. The van der Waals surface area contributed by atoms with Gasteiger partial charge in [0.25, 0.3) is 0 Å². The van der Waals surface area contributed by atoms with Gasteiger partial charge in [-0.15, -0.1) is 0 Å². The van der Waals surface area contributed by atoms with Gasteiger partial charge in [0.1, 0.15) is 5.82 Å². The van der Waals surface area contributed by atoms with Gasteiger partial charge in [0.15, 0.2) is 0 Å². The molecule has 0 amide bonds. The van der Waals surface area contributed by atoms with Gasteiger partial charge in [-0.3, -0.25) is 4.98 Å². The maximum atomic E-state index is 13.3. The maximum Gasteiger partial charge on any atom is 0.336 e.